The lowest BCUT2D eigenvalue weighted by atomic mass is 9.87. The average Bonchev–Trinajstić information content (AvgIpc) is 3.30. The fourth-order valence-corrected chi connectivity index (χ4v) is 5.43. The number of fused-ring (bicyclic) bond motifs is 1. The van der Waals surface area contributed by atoms with Gasteiger partial charge in [-0.1, -0.05) is 55.5 Å². The highest BCUT2D eigenvalue weighted by atomic mass is 19.4. The molecule has 0 aliphatic carbocycles. The highest BCUT2D eigenvalue weighted by Gasteiger charge is 2.33. The lowest BCUT2D eigenvalue weighted by molar-refractivity contribution is -0.137. The predicted octanol–water partition coefficient (Wildman–Crippen LogP) is 6.53. The molecule has 1 aromatic heterocycles. The van der Waals surface area contributed by atoms with Gasteiger partial charge in [0.15, 0.2) is 0 Å². The topological polar surface area (TPSA) is 28.5 Å². The molecule has 0 radical (unpaired) electrons. The van der Waals surface area contributed by atoms with Crippen LogP contribution in [0.2, 0.25) is 0 Å². The van der Waals surface area contributed by atoms with E-state index in [2.05, 4.69) is 11.8 Å². The van der Waals surface area contributed by atoms with E-state index >= 15 is 0 Å². The SMILES string of the molecule is CCN1CCN(C(=O)C[C@@H](c2cccc(C(F)(F)F)c2)c2cn(Cc3ccc(F)cc3)c3ccccc23)CC1. The molecule has 0 unspecified atom stereocenters. The van der Waals surface area contributed by atoms with Crippen molar-refractivity contribution in [2.75, 3.05) is 32.7 Å². The summed E-state index contributed by atoms with van der Waals surface area (Å²) in [7, 11) is 0. The number of rotatable bonds is 7. The van der Waals surface area contributed by atoms with Crippen molar-refractivity contribution in [3.63, 3.8) is 0 Å². The number of amides is 1. The largest absolute Gasteiger partial charge is 0.416 e. The van der Waals surface area contributed by atoms with Gasteiger partial charge < -0.3 is 14.4 Å². The van der Waals surface area contributed by atoms with Crippen LogP contribution in [0.15, 0.2) is 79.0 Å². The van der Waals surface area contributed by atoms with Gasteiger partial charge in [-0.2, -0.15) is 13.2 Å². The first kappa shape index (κ1) is 26.9. The molecule has 1 aliphatic rings. The van der Waals surface area contributed by atoms with Gasteiger partial charge in [0.25, 0.3) is 0 Å². The van der Waals surface area contributed by atoms with Crippen molar-refractivity contribution in [2.24, 2.45) is 0 Å². The minimum Gasteiger partial charge on any atom is -0.343 e. The van der Waals surface area contributed by atoms with Crippen molar-refractivity contribution in [3.05, 3.63) is 107 Å². The van der Waals surface area contributed by atoms with Crippen LogP contribution >= 0.6 is 0 Å². The smallest absolute Gasteiger partial charge is 0.343 e. The molecule has 0 spiro atoms. The van der Waals surface area contributed by atoms with E-state index in [1.165, 1.54) is 24.3 Å². The Morgan fingerprint density at radius 1 is 0.923 bits per heavy atom. The number of piperazine rings is 1. The monoisotopic (exact) mass is 537 g/mol. The number of hydrogen-bond donors (Lipinski definition) is 0. The minimum absolute atomic E-state index is 0.0662. The Balaban J connectivity index is 1.55. The molecule has 2 heterocycles. The number of carbonyl (C=O) groups excluding carboxylic acids is 1. The highest BCUT2D eigenvalue weighted by molar-refractivity contribution is 5.87. The molecule has 4 aromatic rings. The zero-order valence-corrected chi connectivity index (χ0v) is 21.8. The van der Waals surface area contributed by atoms with Gasteiger partial charge in [-0.3, -0.25) is 4.79 Å². The number of halogens is 4. The van der Waals surface area contributed by atoms with Gasteiger partial charge in [0, 0.05) is 62.2 Å². The normalized spacial score (nSPS) is 15.6. The van der Waals surface area contributed by atoms with Crippen LogP contribution < -0.4 is 0 Å². The summed E-state index contributed by atoms with van der Waals surface area (Å²) in [5, 5.41) is 0.880. The Morgan fingerprint density at radius 3 is 2.33 bits per heavy atom. The van der Waals surface area contributed by atoms with Crippen molar-refractivity contribution in [1.29, 1.82) is 0 Å². The summed E-state index contributed by atoms with van der Waals surface area (Å²) in [6, 6.07) is 19.3. The molecule has 1 aliphatic heterocycles. The Bertz CT molecular complexity index is 1440. The summed E-state index contributed by atoms with van der Waals surface area (Å²) in [6.45, 7) is 6.25. The van der Waals surface area contributed by atoms with Gasteiger partial charge in [0.05, 0.1) is 5.56 Å². The predicted molar refractivity (Wildman–Crippen MR) is 144 cm³/mol. The van der Waals surface area contributed by atoms with Crippen LogP contribution in [-0.2, 0) is 17.5 Å². The maximum atomic E-state index is 13.7. The summed E-state index contributed by atoms with van der Waals surface area (Å²) in [5.74, 6) is -0.952. The van der Waals surface area contributed by atoms with Gasteiger partial charge in [-0.25, -0.2) is 4.39 Å². The quantitative estimate of drug-likeness (QED) is 0.251. The third kappa shape index (κ3) is 6.01. The molecule has 0 N–H and O–H groups in total. The highest BCUT2D eigenvalue weighted by Crippen LogP contribution is 2.38. The van der Waals surface area contributed by atoms with E-state index in [-0.39, 0.29) is 18.1 Å². The van der Waals surface area contributed by atoms with E-state index in [1.807, 2.05) is 39.9 Å². The van der Waals surface area contributed by atoms with E-state index in [1.54, 1.807) is 18.2 Å². The van der Waals surface area contributed by atoms with Crippen molar-refractivity contribution < 1.29 is 22.4 Å². The fraction of sp³-hybridized carbons (Fsp3) is 0.323. The van der Waals surface area contributed by atoms with E-state index in [0.717, 1.165) is 47.7 Å². The summed E-state index contributed by atoms with van der Waals surface area (Å²) in [4.78, 5) is 17.6. The van der Waals surface area contributed by atoms with E-state index in [0.29, 0.717) is 25.2 Å². The third-order valence-corrected chi connectivity index (χ3v) is 7.63. The maximum Gasteiger partial charge on any atom is 0.416 e. The van der Waals surface area contributed by atoms with Crippen LogP contribution in [0.5, 0.6) is 0 Å². The second kappa shape index (κ2) is 11.2. The first-order chi connectivity index (χ1) is 18.7. The van der Waals surface area contributed by atoms with Crippen molar-refractivity contribution in [1.82, 2.24) is 14.4 Å². The maximum absolute atomic E-state index is 13.7. The van der Waals surface area contributed by atoms with Gasteiger partial charge in [0.1, 0.15) is 5.82 Å². The zero-order chi connectivity index (χ0) is 27.6. The molecule has 0 bridgehead atoms. The molecule has 1 fully saturated rings. The molecule has 39 heavy (non-hydrogen) atoms. The zero-order valence-electron chi connectivity index (χ0n) is 21.8. The van der Waals surface area contributed by atoms with E-state index in [9.17, 15) is 22.4 Å². The standard InChI is InChI=1S/C31H31F4N3O/c1-2-36-14-16-37(17-15-36)30(39)19-27(23-6-5-7-24(18-23)31(33,34)35)28-21-38(29-9-4-3-8-26(28)29)20-22-10-12-25(32)13-11-22/h3-13,18,21,27H,2,14-17,19-20H2,1H3/t27-/m0/s1. The second-order valence-electron chi connectivity index (χ2n) is 10.1. The lowest BCUT2D eigenvalue weighted by Crippen LogP contribution is -2.48. The molecule has 204 valence electrons. The summed E-state index contributed by atoms with van der Waals surface area (Å²) in [6.07, 6.45) is -2.49. The van der Waals surface area contributed by atoms with Gasteiger partial charge in [-0.15, -0.1) is 0 Å². The van der Waals surface area contributed by atoms with Gasteiger partial charge >= 0.3 is 6.18 Å². The van der Waals surface area contributed by atoms with Crippen LogP contribution in [0.25, 0.3) is 10.9 Å². The van der Waals surface area contributed by atoms with Crippen LogP contribution in [-0.4, -0.2) is 53.0 Å². The molecular weight excluding hydrogens is 506 g/mol. The summed E-state index contributed by atoms with van der Waals surface area (Å²) in [5.41, 5.74) is 2.31. The number of likely N-dealkylation sites (N-methyl/N-ethyl adjacent to an activating group) is 1. The van der Waals surface area contributed by atoms with Crippen molar-refractivity contribution in [3.8, 4) is 0 Å². The molecular formula is C31H31F4N3O. The third-order valence-electron chi connectivity index (χ3n) is 7.63. The first-order valence-corrected chi connectivity index (χ1v) is 13.2. The molecule has 1 atom stereocenters. The number of alkyl halides is 3. The number of benzene rings is 3. The van der Waals surface area contributed by atoms with E-state index in [4.69, 9.17) is 0 Å². The molecule has 1 amide bonds. The Labute approximate surface area is 225 Å². The first-order valence-electron chi connectivity index (χ1n) is 13.2. The Hall–Kier alpha value is -3.65. The lowest BCUT2D eigenvalue weighted by Gasteiger charge is -2.35. The number of hydrogen-bond acceptors (Lipinski definition) is 2. The number of aromatic nitrogens is 1. The van der Waals surface area contributed by atoms with Crippen LogP contribution in [0.1, 0.15) is 41.5 Å². The molecule has 4 nitrogen and oxygen atoms in total. The van der Waals surface area contributed by atoms with Crippen LogP contribution in [0, 0.1) is 5.82 Å². The Kier molecular flexibility index (Phi) is 7.75. The van der Waals surface area contributed by atoms with Crippen LogP contribution in [0.3, 0.4) is 0 Å². The summed E-state index contributed by atoms with van der Waals surface area (Å²) >= 11 is 0. The van der Waals surface area contributed by atoms with Crippen molar-refractivity contribution >= 4 is 16.8 Å². The second-order valence-corrected chi connectivity index (χ2v) is 10.1. The van der Waals surface area contributed by atoms with Gasteiger partial charge in [0.2, 0.25) is 5.91 Å². The average molecular weight is 538 g/mol. The number of nitrogens with zero attached hydrogens (tertiary/aromatic N) is 3. The number of carbonyl (C=O) groups is 1. The Morgan fingerprint density at radius 2 is 1.64 bits per heavy atom. The van der Waals surface area contributed by atoms with Crippen LogP contribution in [0.4, 0.5) is 17.6 Å². The van der Waals surface area contributed by atoms with E-state index < -0.39 is 17.7 Å². The fourth-order valence-electron chi connectivity index (χ4n) is 5.43. The van der Waals surface area contributed by atoms with Crippen molar-refractivity contribution in [2.45, 2.75) is 32.0 Å². The van der Waals surface area contributed by atoms with Gasteiger partial charge in [-0.05, 0) is 47.5 Å². The summed E-state index contributed by atoms with van der Waals surface area (Å²) < 4.78 is 56.5. The molecule has 0 saturated carbocycles. The molecule has 5 rings (SSSR count). The molecule has 3 aromatic carbocycles. The minimum atomic E-state index is -4.49. The molecule has 1 saturated heterocycles. The number of para-hydroxylation sites is 1. The molecule has 8 heteroatoms.